The Morgan fingerprint density at radius 3 is 2.81 bits per heavy atom. The van der Waals surface area contributed by atoms with Crippen molar-refractivity contribution >= 4 is 43.4 Å². The van der Waals surface area contributed by atoms with Gasteiger partial charge < -0.3 is 4.42 Å². The third kappa shape index (κ3) is 2.92. The molecule has 3 aromatic heterocycles. The molecule has 27 heavy (non-hydrogen) atoms. The van der Waals surface area contributed by atoms with E-state index in [4.69, 9.17) is 7.16 Å². The van der Waals surface area contributed by atoms with Gasteiger partial charge in [-0.05, 0) is 64.5 Å². The summed E-state index contributed by atoms with van der Waals surface area (Å²) in [6.45, 7) is 5.75. The van der Waals surface area contributed by atoms with E-state index in [1.165, 1.54) is 10.1 Å². The molecule has 3 heterocycles. The van der Waals surface area contributed by atoms with E-state index >= 15 is 0 Å². The Hall–Kier alpha value is -2.65. The zero-order valence-corrected chi connectivity index (χ0v) is 16.4. The normalized spacial score (nSPS) is 14.0. The zero-order chi connectivity index (χ0) is 20.4. The standard InChI is InChI=1S/C24H21NOS/c1-24(2,3)14-15-7-9-25-20(11-15)18-6-4-5-17-19-13-22-16(8-10-27-22)12-21(19)26-23(17)18/h4-13H,14H2,1-3H3/i14D2. The summed E-state index contributed by atoms with van der Waals surface area (Å²) in [5.74, 6) is 0. The van der Waals surface area contributed by atoms with Crippen LogP contribution in [0.1, 0.15) is 29.1 Å². The number of pyridine rings is 1. The van der Waals surface area contributed by atoms with E-state index in [2.05, 4.69) is 34.6 Å². The average Bonchev–Trinajstić information content (AvgIpc) is 3.28. The van der Waals surface area contributed by atoms with Crippen molar-refractivity contribution in [3.8, 4) is 11.3 Å². The number of benzene rings is 2. The van der Waals surface area contributed by atoms with Crippen LogP contribution in [0, 0.1) is 5.41 Å². The van der Waals surface area contributed by atoms with Gasteiger partial charge in [0.25, 0.3) is 0 Å². The van der Waals surface area contributed by atoms with Gasteiger partial charge in [0.1, 0.15) is 11.2 Å². The van der Waals surface area contributed by atoms with Gasteiger partial charge in [0, 0.05) is 30.0 Å². The van der Waals surface area contributed by atoms with Crippen LogP contribution in [0.15, 0.2) is 64.5 Å². The van der Waals surface area contributed by atoms with E-state index in [0.717, 1.165) is 33.2 Å². The fourth-order valence-electron chi connectivity index (χ4n) is 3.54. The van der Waals surface area contributed by atoms with E-state index in [0.29, 0.717) is 5.56 Å². The Labute approximate surface area is 165 Å². The quantitative estimate of drug-likeness (QED) is 0.321. The number of furan rings is 1. The van der Waals surface area contributed by atoms with E-state index < -0.39 is 11.8 Å². The highest BCUT2D eigenvalue weighted by Crippen LogP contribution is 2.38. The Balaban J connectivity index is 1.73. The minimum Gasteiger partial charge on any atom is -0.455 e. The van der Waals surface area contributed by atoms with Crippen molar-refractivity contribution < 1.29 is 7.16 Å². The molecule has 0 aliphatic heterocycles. The summed E-state index contributed by atoms with van der Waals surface area (Å²) in [4.78, 5) is 4.55. The summed E-state index contributed by atoms with van der Waals surface area (Å²) >= 11 is 1.73. The van der Waals surface area contributed by atoms with Crippen molar-refractivity contribution in [2.75, 3.05) is 0 Å². The second-order valence-corrected chi connectivity index (χ2v) is 8.84. The maximum absolute atomic E-state index is 8.61. The number of nitrogens with zero attached hydrogens (tertiary/aromatic N) is 1. The predicted octanol–water partition coefficient (Wildman–Crippen LogP) is 7.45. The summed E-state index contributed by atoms with van der Waals surface area (Å²) in [7, 11) is 0. The van der Waals surface area contributed by atoms with Crippen LogP contribution in [0.25, 0.3) is 43.3 Å². The van der Waals surface area contributed by atoms with Gasteiger partial charge in [-0.3, -0.25) is 4.98 Å². The Bertz CT molecular complexity index is 1370. The molecule has 5 rings (SSSR count). The van der Waals surface area contributed by atoms with Crippen LogP contribution in [-0.2, 0) is 6.37 Å². The lowest BCUT2D eigenvalue weighted by Gasteiger charge is -2.18. The molecule has 0 saturated heterocycles. The summed E-state index contributed by atoms with van der Waals surface area (Å²) in [5, 5.41) is 5.42. The van der Waals surface area contributed by atoms with Gasteiger partial charge in [0.05, 0.1) is 5.69 Å². The van der Waals surface area contributed by atoms with Crippen LogP contribution >= 0.6 is 11.3 Å². The maximum atomic E-state index is 8.61. The van der Waals surface area contributed by atoms with Crippen molar-refractivity contribution in [2.45, 2.75) is 27.1 Å². The number of fused-ring (bicyclic) bond motifs is 4. The number of para-hydroxylation sites is 1. The van der Waals surface area contributed by atoms with Crippen LogP contribution in [0.5, 0.6) is 0 Å². The molecule has 3 heteroatoms. The first-order chi connectivity index (χ1) is 13.8. The van der Waals surface area contributed by atoms with E-state index in [9.17, 15) is 0 Å². The highest BCUT2D eigenvalue weighted by atomic mass is 32.1. The summed E-state index contributed by atoms with van der Waals surface area (Å²) in [5.41, 5.74) is 3.36. The van der Waals surface area contributed by atoms with Crippen molar-refractivity contribution in [1.82, 2.24) is 4.98 Å². The van der Waals surface area contributed by atoms with Gasteiger partial charge in [-0.15, -0.1) is 11.3 Å². The maximum Gasteiger partial charge on any atom is 0.144 e. The Kier molecular flexibility index (Phi) is 3.17. The molecule has 0 amide bonds. The van der Waals surface area contributed by atoms with Gasteiger partial charge in [0.2, 0.25) is 0 Å². The minimum atomic E-state index is -1.48. The molecule has 0 N–H and O–H groups in total. The lowest BCUT2D eigenvalue weighted by atomic mass is 9.88. The fraction of sp³-hybridized carbons (Fsp3) is 0.208. The van der Waals surface area contributed by atoms with E-state index in [1.807, 2.05) is 39.0 Å². The minimum absolute atomic E-state index is 0.525. The van der Waals surface area contributed by atoms with Crippen LogP contribution in [0.3, 0.4) is 0 Å². The molecule has 5 aromatic rings. The monoisotopic (exact) mass is 373 g/mol. The number of hydrogen-bond acceptors (Lipinski definition) is 3. The molecule has 0 aliphatic carbocycles. The molecular formula is C24H21NOS. The van der Waals surface area contributed by atoms with Crippen LogP contribution in [0.4, 0.5) is 0 Å². The third-order valence-corrected chi connectivity index (χ3v) is 5.51. The summed E-state index contributed by atoms with van der Waals surface area (Å²) in [6.07, 6.45) is 0.211. The number of rotatable bonds is 2. The van der Waals surface area contributed by atoms with Gasteiger partial charge in [0.15, 0.2) is 0 Å². The second-order valence-electron chi connectivity index (χ2n) is 7.90. The van der Waals surface area contributed by atoms with Gasteiger partial charge in [-0.25, -0.2) is 0 Å². The van der Waals surface area contributed by atoms with Crippen LogP contribution < -0.4 is 0 Å². The summed E-state index contributed by atoms with van der Waals surface area (Å²) in [6, 6.07) is 16.1. The topological polar surface area (TPSA) is 26.0 Å². The third-order valence-electron chi connectivity index (χ3n) is 4.63. The smallest absolute Gasteiger partial charge is 0.144 e. The fourth-order valence-corrected chi connectivity index (χ4v) is 4.35. The molecule has 0 bridgehead atoms. The van der Waals surface area contributed by atoms with Gasteiger partial charge >= 0.3 is 0 Å². The van der Waals surface area contributed by atoms with Gasteiger partial charge in [-0.1, -0.05) is 32.9 Å². The van der Waals surface area contributed by atoms with Crippen molar-refractivity contribution in [3.63, 3.8) is 0 Å². The molecule has 0 atom stereocenters. The molecule has 0 unspecified atom stereocenters. The zero-order valence-electron chi connectivity index (χ0n) is 17.5. The van der Waals surface area contributed by atoms with Crippen LogP contribution in [0.2, 0.25) is 0 Å². The molecular weight excluding hydrogens is 350 g/mol. The van der Waals surface area contributed by atoms with Crippen LogP contribution in [-0.4, -0.2) is 4.98 Å². The molecule has 2 aromatic carbocycles. The Morgan fingerprint density at radius 2 is 1.96 bits per heavy atom. The van der Waals surface area contributed by atoms with Gasteiger partial charge in [-0.2, -0.15) is 0 Å². The molecule has 134 valence electrons. The predicted molar refractivity (Wildman–Crippen MR) is 115 cm³/mol. The average molecular weight is 374 g/mol. The molecule has 0 radical (unpaired) electrons. The second kappa shape index (κ2) is 5.93. The lowest BCUT2D eigenvalue weighted by Crippen LogP contribution is -2.09. The first-order valence-electron chi connectivity index (χ1n) is 10.0. The first-order valence-corrected chi connectivity index (χ1v) is 9.93. The van der Waals surface area contributed by atoms with Crippen molar-refractivity contribution in [3.05, 3.63) is 65.7 Å². The van der Waals surface area contributed by atoms with Crippen molar-refractivity contribution in [1.29, 1.82) is 0 Å². The largest absolute Gasteiger partial charge is 0.455 e. The Morgan fingerprint density at radius 1 is 1.07 bits per heavy atom. The molecule has 0 spiro atoms. The lowest BCUT2D eigenvalue weighted by molar-refractivity contribution is 0.411. The summed E-state index contributed by atoms with van der Waals surface area (Å²) < 4.78 is 24.7. The van der Waals surface area contributed by atoms with Crippen molar-refractivity contribution in [2.24, 2.45) is 5.41 Å². The SMILES string of the molecule is [2H]C([2H])(c1ccnc(-c2cccc3c2oc2cc4ccsc4cc23)c1)C(C)(C)C. The molecule has 2 nitrogen and oxygen atoms in total. The van der Waals surface area contributed by atoms with E-state index in [1.54, 1.807) is 23.6 Å². The molecule has 0 saturated carbocycles. The molecule has 0 aliphatic rings. The van der Waals surface area contributed by atoms with E-state index in [-0.39, 0.29) is 0 Å². The number of aromatic nitrogens is 1. The number of hydrogen-bond donors (Lipinski definition) is 0. The highest BCUT2D eigenvalue weighted by Gasteiger charge is 2.16. The number of thiophene rings is 1. The molecule has 0 fully saturated rings. The first kappa shape index (κ1) is 14.4. The highest BCUT2D eigenvalue weighted by molar-refractivity contribution is 7.17.